The number of imidazole rings is 1. The first-order valence-electron chi connectivity index (χ1n) is 7.94. The van der Waals surface area contributed by atoms with E-state index >= 15 is 0 Å². The van der Waals surface area contributed by atoms with Crippen molar-refractivity contribution in [3.05, 3.63) is 60.5 Å². The number of thioether (sulfide) groups is 1. The molecule has 8 heteroatoms. The highest BCUT2D eigenvalue weighted by Gasteiger charge is 2.23. The fourth-order valence-corrected chi connectivity index (χ4v) is 3.55. The van der Waals surface area contributed by atoms with Crippen LogP contribution in [0.1, 0.15) is 24.6 Å². The molecule has 4 aromatic rings. The number of nitrogens with zero attached hydrogens (tertiary/aromatic N) is 4. The summed E-state index contributed by atoms with van der Waals surface area (Å²) in [6, 6.07) is 16.2. The molecule has 0 aliphatic carbocycles. The number of hydrogen-bond acceptors (Lipinski definition) is 5. The SMILES string of the molecule is CC(Sc1nc2ccccc2n1C(F)F)c1nnc(-c2ccccc2)o1. The fraction of sp³-hybridized carbons (Fsp3) is 0.167. The molecule has 1 unspecified atom stereocenters. The first kappa shape index (κ1) is 16.7. The molecule has 5 nitrogen and oxygen atoms in total. The fourth-order valence-electron chi connectivity index (χ4n) is 2.60. The van der Waals surface area contributed by atoms with Crippen LogP contribution in [0.2, 0.25) is 0 Å². The van der Waals surface area contributed by atoms with Gasteiger partial charge in [-0.2, -0.15) is 8.78 Å². The summed E-state index contributed by atoms with van der Waals surface area (Å²) in [5.41, 5.74) is 1.73. The number of fused-ring (bicyclic) bond motifs is 1. The van der Waals surface area contributed by atoms with Crippen LogP contribution in [0.15, 0.2) is 64.2 Å². The third-order valence-electron chi connectivity index (χ3n) is 3.85. The molecule has 0 bridgehead atoms. The van der Waals surface area contributed by atoms with Crippen molar-refractivity contribution in [1.82, 2.24) is 19.7 Å². The maximum atomic E-state index is 13.5. The quantitative estimate of drug-likeness (QED) is 0.443. The molecule has 2 heterocycles. The molecule has 0 aliphatic rings. The maximum Gasteiger partial charge on any atom is 0.321 e. The van der Waals surface area contributed by atoms with Gasteiger partial charge < -0.3 is 4.42 Å². The van der Waals surface area contributed by atoms with Crippen LogP contribution in [0.3, 0.4) is 0 Å². The van der Waals surface area contributed by atoms with E-state index in [0.29, 0.717) is 22.8 Å². The third kappa shape index (κ3) is 3.08. The molecule has 1 atom stereocenters. The van der Waals surface area contributed by atoms with Crippen molar-refractivity contribution < 1.29 is 13.2 Å². The smallest absolute Gasteiger partial charge is 0.321 e. The molecule has 0 spiro atoms. The monoisotopic (exact) mass is 372 g/mol. The van der Waals surface area contributed by atoms with E-state index in [1.54, 1.807) is 24.3 Å². The molecule has 0 saturated heterocycles. The maximum absolute atomic E-state index is 13.5. The summed E-state index contributed by atoms with van der Waals surface area (Å²) < 4.78 is 33.7. The molecule has 2 aromatic heterocycles. The second-order valence-corrected chi connectivity index (χ2v) is 6.91. The molecular formula is C18H14F2N4OS. The molecule has 26 heavy (non-hydrogen) atoms. The number of aromatic nitrogens is 4. The number of halogens is 2. The molecule has 2 aromatic carbocycles. The van der Waals surface area contributed by atoms with E-state index < -0.39 is 6.55 Å². The Balaban J connectivity index is 1.63. The Hall–Kier alpha value is -2.74. The molecule has 4 rings (SSSR count). The Morgan fingerprint density at radius 2 is 1.73 bits per heavy atom. The zero-order valence-electron chi connectivity index (χ0n) is 13.7. The van der Waals surface area contributed by atoms with Gasteiger partial charge in [0.1, 0.15) is 0 Å². The van der Waals surface area contributed by atoms with Gasteiger partial charge in [0, 0.05) is 5.56 Å². The lowest BCUT2D eigenvalue weighted by molar-refractivity contribution is 0.0656. The molecule has 0 fully saturated rings. The minimum atomic E-state index is -2.68. The Bertz CT molecular complexity index is 1030. The Morgan fingerprint density at radius 3 is 2.50 bits per heavy atom. The van der Waals surface area contributed by atoms with Crippen LogP contribution in [0.25, 0.3) is 22.5 Å². The molecular weight excluding hydrogens is 358 g/mol. The van der Waals surface area contributed by atoms with Crippen molar-refractivity contribution in [2.24, 2.45) is 0 Å². The minimum absolute atomic E-state index is 0.216. The number of para-hydroxylation sites is 2. The van der Waals surface area contributed by atoms with Gasteiger partial charge in [0.05, 0.1) is 16.3 Å². The summed E-state index contributed by atoms with van der Waals surface area (Å²) in [4.78, 5) is 4.32. The van der Waals surface area contributed by atoms with E-state index in [2.05, 4.69) is 15.2 Å². The topological polar surface area (TPSA) is 56.7 Å². The summed E-state index contributed by atoms with van der Waals surface area (Å²) in [7, 11) is 0. The lowest BCUT2D eigenvalue weighted by Crippen LogP contribution is -2.01. The molecule has 0 aliphatic heterocycles. The lowest BCUT2D eigenvalue weighted by Gasteiger charge is -2.09. The summed E-state index contributed by atoms with van der Waals surface area (Å²) >= 11 is 1.16. The largest absolute Gasteiger partial charge is 0.419 e. The Kier molecular flexibility index (Phi) is 4.42. The van der Waals surface area contributed by atoms with Gasteiger partial charge >= 0.3 is 6.55 Å². The molecule has 0 N–H and O–H groups in total. The van der Waals surface area contributed by atoms with Crippen LogP contribution >= 0.6 is 11.8 Å². The van der Waals surface area contributed by atoms with Crippen LogP contribution < -0.4 is 0 Å². The van der Waals surface area contributed by atoms with Gasteiger partial charge in [0.25, 0.3) is 0 Å². The predicted molar refractivity (Wildman–Crippen MR) is 95.0 cm³/mol. The Morgan fingerprint density at radius 1 is 1.00 bits per heavy atom. The average Bonchev–Trinajstić information content (AvgIpc) is 3.27. The summed E-state index contributed by atoms with van der Waals surface area (Å²) in [6.07, 6.45) is 0. The first-order chi connectivity index (χ1) is 12.6. The van der Waals surface area contributed by atoms with Gasteiger partial charge in [-0.25, -0.2) is 4.98 Å². The lowest BCUT2D eigenvalue weighted by atomic mass is 10.2. The van der Waals surface area contributed by atoms with Crippen LogP contribution in [-0.4, -0.2) is 19.7 Å². The highest BCUT2D eigenvalue weighted by molar-refractivity contribution is 7.99. The van der Waals surface area contributed by atoms with Gasteiger partial charge in [-0.15, -0.1) is 10.2 Å². The van der Waals surface area contributed by atoms with E-state index in [-0.39, 0.29) is 10.4 Å². The van der Waals surface area contributed by atoms with Crippen molar-refractivity contribution in [1.29, 1.82) is 0 Å². The third-order valence-corrected chi connectivity index (χ3v) is 4.90. The number of rotatable bonds is 5. The second-order valence-electron chi connectivity index (χ2n) is 5.60. The van der Waals surface area contributed by atoms with Crippen molar-refractivity contribution in [3.8, 4) is 11.5 Å². The number of alkyl halides is 2. The van der Waals surface area contributed by atoms with E-state index in [4.69, 9.17) is 4.42 Å². The first-order valence-corrected chi connectivity index (χ1v) is 8.82. The number of benzene rings is 2. The van der Waals surface area contributed by atoms with Crippen LogP contribution in [0.5, 0.6) is 0 Å². The normalized spacial score (nSPS) is 12.8. The Labute approximate surface area is 152 Å². The standard InChI is InChI=1S/C18H14F2N4OS/c1-11(15-22-23-16(25-15)12-7-3-2-4-8-12)26-18-21-13-9-5-6-10-14(13)24(18)17(19)20/h2-11,17H,1H3. The molecule has 0 amide bonds. The molecule has 0 saturated carbocycles. The average molecular weight is 372 g/mol. The molecule has 132 valence electrons. The van der Waals surface area contributed by atoms with Crippen molar-refractivity contribution >= 4 is 22.8 Å². The van der Waals surface area contributed by atoms with Crippen molar-refractivity contribution in [3.63, 3.8) is 0 Å². The van der Waals surface area contributed by atoms with Gasteiger partial charge in [-0.1, -0.05) is 42.1 Å². The summed E-state index contributed by atoms with van der Waals surface area (Å²) in [5, 5.41) is 7.99. The van der Waals surface area contributed by atoms with Gasteiger partial charge in [0.2, 0.25) is 11.8 Å². The van der Waals surface area contributed by atoms with E-state index in [9.17, 15) is 8.78 Å². The number of hydrogen-bond donors (Lipinski definition) is 0. The highest BCUT2D eigenvalue weighted by atomic mass is 32.2. The summed E-state index contributed by atoms with van der Waals surface area (Å²) in [5.74, 6) is 0.761. The van der Waals surface area contributed by atoms with Crippen molar-refractivity contribution in [2.45, 2.75) is 23.9 Å². The van der Waals surface area contributed by atoms with Crippen LogP contribution in [0.4, 0.5) is 8.78 Å². The van der Waals surface area contributed by atoms with Crippen LogP contribution in [-0.2, 0) is 0 Å². The van der Waals surface area contributed by atoms with E-state index in [1.165, 1.54) is 0 Å². The zero-order valence-corrected chi connectivity index (χ0v) is 14.5. The predicted octanol–water partition coefficient (Wildman–Crippen LogP) is 5.33. The van der Waals surface area contributed by atoms with Gasteiger partial charge in [-0.3, -0.25) is 4.57 Å². The summed E-state index contributed by atoms with van der Waals surface area (Å²) in [6.45, 7) is -0.859. The second kappa shape index (κ2) is 6.87. The highest BCUT2D eigenvalue weighted by Crippen LogP contribution is 2.38. The van der Waals surface area contributed by atoms with Gasteiger partial charge in [-0.05, 0) is 31.2 Å². The zero-order chi connectivity index (χ0) is 18.1. The van der Waals surface area contributed by atoms with Crippen molar-refractivity contribution in [2.75, 3.05) is 0 Å². The van der Waals surface area contributed by atoms with E-state index in [0.717, 1.165) is 21.9 Å². The van der Waals surface area contributed by atoms with E-state index in [1.807, 2.05) is 37.3 Å². The van der Waals surface area contributed by atoms with Gasteiger partial charge in [0.15, 0.2) is 5.16 Å². The molecule has 0 radical (unpaired) electrons. The minimum Gasteiger partial charge on any atom is -0.419 e. The van der Waals surface area contributed by atoms with Crippen LogP contribution in [0, 0.1) is 0 Å².